The smallest absolute Gasteiger partial charge is 0.309 e. The van der Waals surface area contributed by atoms with E-state index in [1.807, 2.05) is 0 Å². The summed E-state index contributed by atoms with van der Waals surface area (Å²) in [5.74, 6) is -15.8. The van der Waals surface area contributed by atoms with Crippen LogP contribution in [0.3, 0.4) is 0 Å². The summed E-state index contributed by atoms with van der Waals surface area (Å²) in [4.78, 5) is 43.3. The van der Waals surface area contributed by atoms with E-state index in [-0.39, 0.29) is 12.2 Å². The van der Waals surface area contributed by atoms with Gasteiger partial charge in [0.15, 0.2) is 11.6 Å². The molecule has 7 atom stereocenters. The quantitative estimate of drug-likeness (QED) is 0.440. The Bertz CT molecular complexity index is 2090. The lowest BCUT2D eigenvalue weighted by molar-refractivity contribution is -0.188. The predicted octanol–water partition coefficient (Wildman–Crippen LogP) is 6.29. The van der Waals surface area contributed by atoms with E-state index in [0.717, 1.165) is 0 Å². The highest BCUT2D eigenvalue weighted by atomic mass is 16.4. The molecule has 3 saturated carbocycles. The maximum Gasteiger partial charge on any atom is 0.309 e. The number of carbonyl (C=O) groups excluding carboxylic acids is 2. The minimum Gasteiger partial charge on any atom is -0.481 e. The van der Waals surface area contributed by atoms with Crippen LogP contribution >= 0.6 is 0 Å². The second-order valence-corrected chi connectivity index (χ2v) is 10.5. The Kier molecular flexibility index (Phi) is 1.73. The molecule has 5 rings (SSSR count). The van der Waals surface area contributed by atoms with Gasteiger partial charge in [-0.1, -0.05) is 59.6 Å². The number of hydrogen-bond acceptors (Lipinski definition) is 4. The van der Waals surface area contributed by atoms with E-state index >= 15 is 4.79 Å². The number of aliphatic carboxylic acids is 1. The van der Waals surface area contributed by atoms with Crippen molar-refractivity contribution in [2.45, 2.75) is 92.8 Å². The third-order valence-corrected chi connectivity index (χ3v) is 8.77. The highest BCUT2D eigenvalue weighted by Crippen LogP contribution is 2.74. The number of hydrogen-bond donors (Lipinski definition) is 1. The number of fused-ring (bicyclic) bond motifs is 7. The molecule has 5 nitrogen and oxygen atoms in total. The monoisotopic (exact) mass is 518 g/mol. The Labute approximate surface area is 253 Å². The summed E-state index contributed by atoms with van der Waals surface area (Å²) in [7, 11) is 0. The topological polar surface area (TPSA) is 95.2 Å². The van der Waals surface area contributed by atoms with Crippen molar-refractivity contribution in [2.24, 2.45) is 50.2 Å². The highest BCUT2D eigenvalue weighted by Gasteiger charge is 2.70. The molecule has 5 aliphatic rings. The fraction of sp³-hybridized carbons (Fsp3) is 0.742. The average Bonchev–Trinajstić information content (AvgIpc) is 3.02. The van der Waals surface area contributed by atoms with Gasteiger partial charge in [-0.2, -0.15) is 5.26 Å². The summed E-state index contributed by atoms with van der Waals surface area (Å²) in [5, 5.41) is 21.3. The SMILES string of the molecule is [2H]C([2H])([2H])C1(C([2H])([2H])[2H])C(=O)C(C#N)=C[C@]2(C([2H])([2H])[2H])C3=CC(=O)[C@@H]4[C@@H]5C([2H])([2H])C(C([2H])([2H])[2H])(C([2H])([2H])[2H])C([2H])([2H])C([2H])([2H])[C@]5(C(=O)O)CC[C@@]4(C([2H])([2H])[2H])[C@]3(C([2H])([2H])[2H])CC[C@@H]12. The normalized spacial score (nSPS) is 64.4. The molecule has 0 heterocycles. The van der Waals surface area contributed by atoms with Crippen molar-refractivity contribution in [1.29, 1.82) is 5.26 Å². The number of ketones is 2. The van der Waals surface area contributed by atoms with Gasteiger partial charge in [0.25, 0.3) is 0 Å². The Balaban J connectivity index is 2.17. The van der Waals surface area contributed by atoms with E-state index in [2.05, 4.69) is 0 Å². The Hall–Kier alpha value is -2.22. The first-order chi connectivity index (χ1) is 27.6. The number of carboxylic acid groups (broad SMARTS) is 1. The van der Waals surface area contributed by atoms with Crippen molar-refractivity contribution < 1.29 is 56.5 Å². The zero-order chi connectivity index (χ0) is 49.6. The summed E-state index contributed by atoms with van der Waals surface area (Å²) < 4.78 is 238. The first kappa shape index (κ1) is 8.65. The number of rotatable bonds is 1. The second-order valence-electron chi connectivity index (χ2n) is 10.5. The molecule has 0 aromatic carbocycles. The number of allylic oxidation sites excluding steroid dienone is 4. The van der Waals surface area contributed by atoms with Crippen LogP contribution in [0.4, 0.5) is 0 Å². The number of nitriles is 1. The van der Waals surface area contributed by atoms with Crippen LogP contribution in [0, 0.1) is 61.6 Å². The van der Waals surface area contributed by atoms with Gasteiger partial charge in [0.2, 0.25) is 0 Å². The van der Waals surface area contributed by atoms with Gasteiger partial charge in [-0.15, -0.1) is 0 Å². The molecular weight excluding hydrogens is 450 g/mol. The zero-order valence-electron chi connectivity index (χ0n) is 45.8. The van der Waals surface area contributed by atoms with E-state index in [1.54, 1.807) is 0 Å². The fourth-order valence-corrected chi connectivity index (χ4v) is 6.96. The molecule has 3 fully saturated rings. The van der Waals surface area contributed by atoms with Gasteiger partial charge < -0.3 is 5.11 Å². The van der Waals surface area contributed by atoms with Crippen LogP contribution in [0.25, 0.3) is 0 Å². The largest absolute Gasteiger partial charge is 0.481 e. The van der Waals surface area contributed by atoms with Crippen molar-refractivity contribution in [3.8, 4) is 6.07 Å². The predicted molar refractivity (Wildman–Crippen MR) is 137 cm³/mol. The molecule has 0 aromatic rings. The lowest BCUT2D eigenvalue weighted by Gasteiger charge is -2.68. The summed E-state index contributed by atoms with van der Waals surface area (Å²) in [5.41, 5.74) is -26.2. The summed E-state index contributed by atoms with van der Waals surface area (Å²) >= 11 is 0. The fourth-order valence-electron chi connectivity index (χ4n) is 6.96. The number of nitrogens with zero attached hydrogens (tertiary/aromatic N) is 1. The molecule has 0 bridgehead atoms. The zero-order valence-corrected chi connectivity index (χ0v) is 18.8. The van der Waals surface area contributed by atoms with Crippen LogP contribution in [0.5, 0.6) is 0 Å². The Morgan fingerprint density at radius 3 is 2.53 bits per heavy atom. The van der Waals surface area contributed by atoms with Crippen LogP contribution < -0.4 is 0 Å². The average molecular weight is 519 g/mol. The van der Waals surface area contributed by atoms with Gasteiger partial charge in [-0.3, -0.25) is 14.4 Å². The third-order valence-electron chi connectivity index (χ3n) is 8.77. The van der Waals surface area contributed by atoms with E-state index in [0.29, 0.717) is 0 Å². The summed E-state index contributed by atoms with van der Waals surface area (Å²) in [6, 6.07) is 1.25. The molecule has 36 heavy (non-hydrogen) atoms. The maximum absolute atomic E-state index is 15.4. The van der Waals surface area contributed by atoms with E-state index in [9.17, 15) is 22.7 Å². The molecule has 1 N–H and O–H groups in total. The minimum atomic E-state index is -4.72. The van der Waals surface area contributed by atoms with Crippen LogP contribution in [-0.2, 0) is 14.4 Å². The second kappa shape index (κ2) is 7.21. The molecule has 5 heteroatoms. The lowest BCUT2D eigenvalue weighted by Crippen LogP contribution is -2.65. The van der Waals surface area contributed by atoms with Crippen molar-refractivity contribution in [3.05, 3.63) is 23.3 Å². The van der Waals surface area contributed by atoms with Gasteiger partial charge in [0.05, 0.1) is 11.0 Å². The van der Waals surface area contributed by atoms with Crippen molar-refractivity contribution in [3.63, 3.8) is 0 Å². The van der Waals surface area contributed by atoms with E-state index < -0.39 is 172 Å². The Morgan fingerprint density at radius 2 is 1.92 bits per heavy atom. The van der Waals surface area contributed by atoms with Crippen molar-refractivity contribution in [1.82, 2.24) is 0 Å². The highest BCUT2D eigenvalue weighted by molar-refractivity contribution is 6.04. The molecule has 0 unspecified atom stereocenters. The van der Waals surface area contributed by atoms with Gasteiger partial charge in [-0.25, -0.2) is 0 Å². The number of carboxylic acids is 1. The standard InChI is InChI=1S/C31H41NO4/c1-26(2)10-12-31(25(35)36)13-11-30(7)23(19(31)16-26)20(33)14-22-28(5)15-18(17-32)24(34)27(3,4)21(28)8-9-29(22,30)6/h14-15,19,21,23H,8-13,16H2,1-7H3,(H,35,36)/t19-,21-,23-,28-,29+,30+,31-/m0/s1/i1D3,2D3,3D3,4D3,5D3,6D3,7D3,10D2,12D2,16D2. The molecule has 0 radical (unpaired) electrons. The van der Waals surface area contributed by atoms with Gasteiger partial charge >= 0.3 is 5.97 Å². The van der Waals surface area contributed by atoms with Crippen LogP contribution in [-0.4, -0.2) is 22.6 Å². The molecule has 5 aliphatic carbocycles. The molecule has 0 aromatic heterocycles. The van der Waals surface area contributed by atoms with Crippen molar-refractivity contribution >= 4 is 17.5 Å². The number of Topliss-reactive ketones (excluding diaryl/α,β-unsaturated/α-hetero) is 1. The number of carbonyl (C=O) groups is 3. The molecule has 0 spiro atoms. The van der Waals surface area contributed by atoms with Crippen LogP contribution in [0.2, 0.25) is 0 Å². The van der Waals surface area contributed by atoms with Crippen LogP contribution in [0.1, 0.15) is 130 Å². The third kappa shape index (κ3) is 2.85. The first-order valence-electron chi connectivity index (χ1n) is 24.7. The van der Waals surface area contributed by atoms with Crippen LogP contribution in [0.15, 0.2) is 23.3 Å². The minimum absolute atomic E-state index is 0.0594. The first-order valence-corrected chi connectivity index (χ1v) is 11.2. The summed E-state index contributed by atoms with van der Waals surface area (Å²) in [6.07, 6.45) is -19.4. The van der Waals surface area contributed by atoms with Gasteiger partial charge in [0.1, 0.15) is 6.07 Å². The lowest BCUT2D eigenvalue weighted by atomic mass is 9.34. The van der Waals surface area contributed by atoms with Crippen molar-refractivity contribution in [2.75, 3.05) is 0 Å². The van der Waals surface area contributed by atoms with Gasteiger partial charge in [-0.05, 0) is 79.0 Å². The maximum atomic E-state index is 15.4. The van der Waals surface area contributed by atoms with E-state index in [1.165, 1.54) is 6.07 Å². The summed E-state index contributed by atoms with van der Waals surface area (Å²) in [6.45, 7) is -29.5. The molecular formula is C31H41NO4. The van der Waals surface area contributed by atoms with E-state index in [4.69, 9.17) is 34.3 Å². The molecule has 0 amide bonds. The molecule has 0 saturated heterocycles. The molecule has 0 aliphatic heterocycles. The molecule has 194 valence electrons. The Morgan fingerprint density at radius 1 is 1.11 bits per heavy atom. The van der Waals surface area contributed by atoms with Gasteiger partial charge in [0, 0.05) is 53.8 Å².